The second-order valence-electron chi connectivity index (χ2n) is 6.15. The summed E-state index contributed by atoms with van der Waals surface area (Å²) >= 11 is 1.21. The van der Waals surface area contributed by atoms with Crippen molar-refractivity contribution < 1.29 is 9.18 Å². The van der Waals surface area contributed by atoms with E-state index >= 15 is 0 Å². The van der Waals surface area contributed by atoms with E-state index in [2.05, 4.69) is 15.5 Å². The minimum Gasteiger partial charge on any atom is -0.352 e. The summed E-state index contributed by atoms with van der Waals surface area (Å²) < 4.78 is 14.8. The van der Waals surface area contributed by atoms with Gasteiger partial charge in [-0.15, -0.1) is 5.10 Å². The molecule has 0 radical (unpaired) electrons. The first-order chi connectivity index (χ1) is 12.1. The van der Waals surface area contributed by atoms with E-state index in [4.69, 9.17) is 0 Å². The fraction of sp³-hybridized carbons (Fsp3) is 0.471. The number of aromatic amines is 1. The molecule has 1 aromatic heterocycles. The minimum atomic E-state index is -0.586. The number of benzene rings is 1. The number of hydrogen-bond donors (Lipinski definition) is 2. The lowest BCUT2D eigenvalue weighted by Crippen LogP contribution is -2.30. The van der Waals surface area contributed by atoms with Crippen molar-refractivity contribution in [1.82, 2.24) is 20.1 Å². The molecule has 1 saturated carbocycles. The number of carbonyl (C=O) groups is 1. The lowest BCUT2D eigenvalue weighted by Gasteiger charge is -2.16. The van der Waals surface area contributed by atoms with E-state index in [9.17, 15) is 14.0 Å². The van der Waals surface area contributed by atoms with Gasteiger partial charge in [0, 0.05) is 12.6 Å². The van der Waals surface area contributed by atoms with E-state index in [0.29, 0.717) is 17.3 Å². The Morgan fingerprint density at radius 1 is 1.44 bits per heavy atom. The van der Waals surface area contributed by atoms with Gasteiger partial charge in [0.25, 0.3) is 0 Å². The molecule has 134 valence electrons. The molecular formula is C17H21FN4O2S. The number of rotatable bonds is 8. The molecule has 1 unspecified atom stereocenters. The van der Waals surface area contributed by atoms with Crippen LogP contribution in [-0.2, 0) is 11.3 Å². The van der Waals surface area contributed by atoms with E-state index in [1.165, 1.54) is 23.9 Å². The molecule has 6 nitrogen and oxygen atoms in total. The quantitative estimate of drug-likeness (QED) is 0.706. The Labute approximate surface area is 149 Å². The van der Waals surface area contributed by atoms with Crippen molar-refractivity contribution in [2.45, 2.75) is 55.6 Å². The van der Waals surface area contributed by atoms with Gasteiger partial charge in [-0.2, -0.15) is 0 Å². The fourth-order valence-corrected chi connectivity index (χ4v) is 3.51. The Bertz CT molecular complexity index is 783. The molecule has 0 saturated heterocycles. The van der Waals surface area contributed by atoms with Crippen LogP contribution in [0.2, 0.25) is 0 Å². The summed E-state index contributed by atoms with van der Waals surface area (Å²) in [6.45, 7) is 2.59. The highest BCUT2D eigenvalue weighted by Crippen LogP contribution is 2.35. The zero-order valence-electron chi connectivity index (χ0n) is 14.0. The van der Waals surface area contributed by atoms with Crippen LogP contribution in [0.25, 0.3) is 0 Å². The zero-order valence-corrected chi connectivity index (χ0v) is 14.8. The molecule has 0 aliphatic heterocycles. The van der Waals surface area contributed by atoms with Gasteiger partial charge in [-0.3, -0.25) is 9.36 Å². The SMILES string of the molecule is CCCCn1c(SC(C(=O)NC2CC2)c2ccc(F)cc2)n[nH]c1=O. The average molecular weight is 364 g/mol. The summed E-state index contributed by atoms with van der Waals surface area (Å²) in [4.78, 5) is 24.6. The second kappa shape index (κ2) is 7.86. The van der Waals surface area contributed by atoms with Crippen LogP contribution >= 0.6 is 11.8 Å². The fourth-order valence-electron chi connectivity index (χ4n) is 2.43. The summed E-state index contributed by atoms with van der Waals surface area (Å²) in [5.41, 5.74) is 0.401. The van der Waals surface area contributed by atoms with Crippen LogP contribution in [0, 0.1) is 5.82 Å². The van der Waals surface area contributed by atoms with Crippen LogP contribution in [-0.4, -0.2) is 26.7 Å². The monoisotopic (exact) mass is 364 g/mol. The van der Waals surface area contributed by atoms with Crippen molar-refractivity contribution in [3.05, 3.63) is 46.1 Å². The van der Waals surface area contributed by atoms with Crippen molar-refractivity contribution in [2.75, 3.05) is 0 Å². The molecule has 3 rings (SSSR count). The number of unbranched alkanes of at least 4 members (excludes halogenated alkanes) is 1. The molecule has 1 amide bonds. The van der Waals surface area contributed by atoms with Crippen molar-refractivity contribution in [3.8, 4) is 0 Å². The molecular weight excluding hydrogens is 343 g/mol. The number of hydrogen-bond acceptors (Lipinski definition) is 4. The van der Waals surface area contributed by atoms with Gasteiger partial charge in [0.05, 0.1) is 0 Å². The standard InChI is InChI=1S/C17H21FN4O2S/c1-2-3-10-22-16(24)20-21-17(22)25-14(15(23)19-13-8-9-13)11-4-6-12(18)7-5-11/h4-7,13-14H,2-3,8-10H2,1H3,(H,19,23)(H,20,24). The first-order valence-electron chi connectivity index (χ1n) is 8.46. The van der Waals surface area contributed by atoms with Crippen molar-refractivity contribution in [3.63, 3.8) is 0 Å². The lowest BCUT2D eigenvalue weighted by atomic mass is 10.1. The number of amides is 1. The molecule has 1 aliphatic rings. The molecule has 0 bridgehead atoms. The second-order valence-corrected chi connectivity index (χ2v) is 7.22. The van der Waals surface area contributed by atoms with Crippen molar-refractivity contribution in [1.29, 1.82) is 0 Å². The molecule has 1 atom stereocenters. The molecule has 25 heavy (non-hydrogen) atoms. The van der Waals surface area contributed by atoms with Crippen LogP contribution in [0.5, 0.6) is 0 Å². The first kappa shape index (κ1) is 17.7. The third-order valence-electron chi connectivity index (χ3n) is 4.02. The maximum Gasteiger partial charge on any atom is 0.343 e. The third-order valence-corrected chi connectivity index (χ3v) is 5.26. The number of H-pyrrole nitrogens is 1. The Morgan fingerprint density at radius 2 is 2.16 bits per heavy atom. The Kier molecular flexibility index (Phi) is 5.57. The summed E-state index contributed by atoms with van der Waals surface area (Å²) in [6, 6.07) is 6.09. The predicted octanol–water partition coefficient (Wildman–Crippen LogP) is 2.62. The molecule has 1 heterocycles. The predicted molar refractivity (Wildman–Crippen MR) is 93.9 cm³/mol. The van der Waals surface area contributed by atoms with Crippen LogP contribution in [0.4, 0.5) is 4.39 Å². The van der Waals surface area contributed by atoms with Gasteiger partial charge in [0.1, 0.15) is 11.1 Å². The van der Waals surface area contributed by atoms with E-state index in [-0.39, 0.29) is 23.5 Å². The van der Waals surface area contributed by atoms with Gasteiger partial charge in [0.15, 0.2) is 5.16 Å². The van der Waals surface area contributed by atoms with E-state index in [1.54, 1.807) is 16.7 Å². The van der Waals surface area contributed by atoms with Gasteiger partial charge in [-0.05, 0) is 37.0 Å². The topological polar surface area (TPSA) is 79.8 Å². The number of halogens is 1. The van der Waals surface area contributed by atoms with Crippen LogP contribution in [0.1, 0.15) is 43.4 Å². The molecule has 1 fully saturated rings. The Balaban J connectivity index is 1.85. The number of nitrogens with one attached hydrogen (secondary N) is 2. The Morgan fingerprint density at radius 3 is 2.80 bits per heavy atom. The highest BCUT2D eigenvalue weighted by Gasteiger charge is 2.30. The van der Waals surface area contributed by atoms with Gasteiger partial charge in [-0.1, -0.05) is 37.2 Å². The maximum absolute atomic E-state index is 13.2. The number of aromatic nitrogens is 3. The van der Waals surface area contributed by atoms with Crippen molar-refractivity contribution in [2.24, 2.45) is 0 Å². The van der Waals surface area contributed by atoms with E-state index in [1.807, 2.05) is 6.92 Å². The minimum absolute atomic E-state index is 0.142. The zero-order chi connectivity index (χ0) is 17.8. The first-order valence-corrected chi connectivity index (χ1v) is 9.34. The molecule has 1 aliphatic carbocycles. The van der Waals surface area contributed by atoms with Crippen LogP contribution in [0.3, 0.4) is 0 Å². The van der Waals surface area contributed by atoms with E-state index in [0.717, 1.165) is 25.7 Å². The summed E-state index contributed by atoms with van der Waals surface area (Å²) in [5, 5.41) is 9.37. The molecule has 0 spiro atoms. The molecule has 1 aromatic carbocycles. The molecule has 2 aromatic rings. The van der Waals surface area contributed by atoms with Gasteiger partial charge in [-0.25, -0.2) is 14.3 Å². The molecule has 8 heteroatoms. The third kappa shape index (κ3) is 4.50. The summed E-state index contributed by atoms with van der Waals surface area (Å²) in [7, 11) is 0. The summed E-state index contributed by atoms with van der Waals surface area (Å²) in [6.07, 6.45) is 3.76. The highest BCUT2D eigenvalue weighted by molar-refractivity contribution is 8.00. The van der Waals surface area contributed by atoms with Crippen molar-refractivity contribution >= 4 is 17.7 Å². The van der Waals surface area contributed by atoms with Gasteiger partial charge >= 0.3 is 5.69 Å². The lowest BCUT2D eigenvalue weighted by molar-refractivity contribution is -0.120. The van der Waals surface area contributed by atoms with Crippen LogP contribution < -0.4 is 11.0 Å². The summed E-state index contributed by atoms with van der Waals surface area (Å²) in [5.74, 6) is -0.494. The van der Waals surface area contributed by atoms with E-state index < -0.39 is 5.25 Å². The maximum atomic E-state index is 13.2. The number of nitrogens with zero attached hydrogens (tertiary/aromatic N) is 2. The van der Waals surface area contributed by atoms with Crippen LogP contribution in [0.15, 0.2) is 34.2 Å². The number of thioether (sulfide) groups is 1. The normalized spacial score (nSPS) is 15.1. The van der Waals surface area contributed by atoms with Gasteiger partial charge in [0.2, 0.25) is 5.91 Å². The van der Waals surface area contributed by atoms with Gasteiger partial charge < -0.3 is 5.32 Å². The molecule has 2 N–H and O–H groups in total. The largest absolute Gasteiger partial charge is 0.352 e. The Hall–Kier alpha value is -2.09. The highest BCUT2D eigenvalue weighted by atomic mass is 32.2. The number of carbonyl (C=O) groups excluding carboxylic acids is 1. The average Bonchev–Trinajstić information content (AvgIpc) is 3.34. The smallest absolute Gasteiger partial charge is 0.343 e.